The van der Waals surface area contributed by atoms with E-state index in [0.29, 0.717) is 5.92 Å². The van der Waals surface area contributed by atoms with Crippen molar-refractivity contribution in [3.8, 4) is 0 Å². The number of fused-ring (bicyclic) bond motifs is 1. The van der Waals surface area contributed by atoms with Crippen molar-refractivity contribution >= 4 is 28.0 Å². The fourth-order valence-corrected chi connectivity index (χ4v) is 5.19. The maximum Gasteiger partial charge on any atom is 0.0456 e. The van der Waals surface area contributed by atoms with Gasteiger partial charge in [0.15, 0.2) is 0 Å². The molecule has 2 heterocycles. The van der Waals surface area contributed by atoms with E-state index in [2.05, 4.69) is 84.3 Å². The van der Waals surface area contributed by atoms with Gasteiger partial charge in [-0.3, -0.25) is 0 Å². The van der Waals surface area contributed by atoms with Crippen LogP contribution in [0.3, 0.4) is 0 Å². The van der Waals surface area contributed by atoms with Crippen LogP contribution < -0.4 is 0 Å². The maximum atomic E-state index is 5.83. The number of nitrogens with one attached hydrogen (secondary N) is 1. The number of hydrogen-bond acceptors (Lipinski definition) is 3. The molecule has 1 fully saturated rings. The van der Waals surface area contributed by atoms with Gasteiger partial charge in [-0.05, 0) is 78.4 Å². The molecule has 2 aromatic carbocycles. The Morgan fingerprint density at radius 2 is 1.76 bits per heavy atom. The number of benzene rings is 2. The molecule has 4 heteroatoms. The van der Waals surface area contributed by atoms with Gasteiger partial charge in [-0.25, -0.2) is 0 Å². The van der Waals surface area contributed by atoms with Crippen LogP contribution in [0.5, 0.6) is 0 Å². The Labute approximate surface area is 205 Å². The lowest BCUT2D eigenvalue weighted by atomic mass is 9.93. The second-order valence-corrected chi connectivity index (χ2v) is 10.6. The van der Waals surface area contributed by atoms with Gasteiger partial charge in [0, 0.05) is 49.7 Å². The summed E-state index contributed by atoms with van der Waals surface area (Å²) in [5, 5.41) is 1.35. The number of aryl methyl sites for hydroxylation is 2. The summed E-state index contributed by atoms with van der Waals surface area (Å²) in [6.45, 7) is 10.5. The highest BCUT2D eigenvalue weighted by Gasteiger charge is 2.14. The van der Waals surface area contributed by atoms with Gasteiger partial charge in [0.2, 0.25) is 0 Å². The predicted molar refractivity (Wildman–Crippen MR) is 146 cm³/mol. The fourth-order valence-electron chi connectivity index (χ4n) is 4.88. The third-order valence-electron chi connectivity index (χ3n) is 7.03. The number of thiocarbonyl (C=S) groups is 1. The average Bonchev–Trinajstić information content (AvgIpc) is 3.22. The van der Waals surface area contributed by atoms with Crippen LogP contribution in [0.1, 0.15) is 54.9 Å². The molecule has 33 heavy (non-hydrogen) atoms. The zero-order valence-electron chi connectivity index (χ0n) is 20.6. The van der Waals surface area contributed by atoms with E-state index in [1.807, 2.05) is 0 Å². The van der Waals surface area contributed by atoms with Gasteiger partial charge in [-0.1, -0.05) is 62.5 Å². The van der Waals surface area contributed by atoms with E-state index in [1.54, 1.807) is 0 Å². The number of aromatic nitrogens is 1. The minimum absolute atomic E-state index is 0.530. The summed E-state index contributed by atoms with van der Waals surface area (Å²) in [5.74, 6) is 0.530. The molecule has 1 aliphatic heterocycles. The van der Waals surface area contributed by atoms with Crippen molar-refractivity contribution in [2.45, 2.75) is 51.9 Å². The molecule has 0 amide bonds. The van der Waals surface area contributed by atoms with E-state index in [-0.39, 0.29) is 0 Å². The molecule has 3 aromatic rings. The van der Waals surface area contributed by atoms with Crippen LogP contribution in [0, 0.1) is 0 Å². The molecule has 1 aliphatic rings. The topological polar surface area (TPSA) is 22.3 Å². The molecule has 1 saturated heterocycles. The molecule has 3 nitrogen and oxygen atoms in total. The van der Waals surface area contributed by atoms with Crippen molar-refractivity contribution in [1.82, 2.24) is 14.8 Å². The number of rotatable bonds is 10. The first-order valence-corrected chi connectivity index (χ1v) is 13.0. The Kier molecular flexibility index (Phi) is 8.34. The summed E-state index contributed by atoms with van der Waals surface area (Å²) in [6, 6.07) is 15.8. The minimum Gasteiger partial charge on any atom is -0.361 e. The summed E-state index contributed by atoms with van der Waals surface area (Å²) in [4.78, 5) is 9.62. The average molecular weight is 462 g/mol. The van der Waals surface area contributed by atoms with Crippen molar-refractivity contribution < 1.29 is 0 Å². The van der Waals surface area contributed by atoms with Crippen molar-refractivity contribution in [1.29, 1.82) is 0 Å². The van der Waals surface area contributed by atoms with Crippen molar-refractivity contribution in [3.05, 3.63) is 70.9 Å². The lowest BCUT2D eigenvalue weighted by molar-refractivity contribution is 0.153. The smallest absolute Gasteiger partial charge is 0.0456 e. The molecule has 0 spiro atoms. The third-order valence-corrected chi connectivity index (χ3v) is 7.38. The van der Waals surface area contributed by atoms with Crippen molar-refractivity contribution in [2.24, 2.45) is 0 Å². The third kappa shape index (κ3) is 6.75. The zero-order chi connectivity index (χ0) is 23.2. The SMILES string of the molecule is CC(C)c1cc(CCc2c[nH]c3ccccc23)cc(CC(=S)CCCN2CCN(C)CC2)c1. The van der Waals surface area contributed by atoms with Gasteiger partial charge in [-0.15, -0.1) is 0 Å². The summed E-state index contributed by atoms with van der Waals surface area (Å²) in [7, 11) is 2.21. The normalized spacial score (nSPS) is 15.5. The molecule has 1 aromatic heterocycles. The monoisotopic (exact) mass is 461 g/mol. The predicted octanol–water partition coefficient (Wildman–Crippen LogP) is 6.02. The number of H-pyrrole nitrogens is 1. The van der Waals surface area contributed by atoms with Gasteiger partial charge in [0.25, 0.3) is 0 Å². The molecule has 0 atom stereocenters. The molecule has 1 N–H and O–H groups in total. The number of piperazine rings is 1. The molecule has 0 radical (unpaired) electrons. The van der Waals surface area contributed by atoms with Gasteiger partial charge in [0.1, 0.15) is 0 Å². The molecule has 4 rings (SSSR count). The zero-order valence-corrected chi connectivity index (χ0v) is 21.4. The second-order valence-electron chi connectivity index (χ2n) is 10.1. The van der Waals surface area contributed by atoms with Crippen LogP contribution in [-0.4, -0.2) is 59.4 Å². The van der Waals surface area contributed by atoms with Crippen molar-refractivity contribution in [3.63, 3.8) is 0 Å². The first-order valence-electron chi connectivity index (χ1n) is 12.6. The molecular weight excluding hydrogens is 422 g/mol. The highest BCUT2D eigenvalue weighted by atomic mass is 32.1. The lowest BCUT2D eigenvalue weighted by Crippen LogP contribution is -2.44. The van der Waals surface area contributed by atoms with Crippen LogP contribution in [0.4, 0.5) is 0 Å². The molecular formula is C29H39N3S. The van der Waals surface area contributed by atoms with Crippen LogP contribution >= 0.6 is 12.2 Å². The Bertz CT molecular complexity index is 1060. The van der Waals surface area contributed by atoms with E-state index in [9.17, 15) is 0 Å². The minimum atomic E-state index is 0.530. The molecule has 0 bridgehead atoms. The largest absolute Gasteiger partial charge is 0.361 e. The van der Waals surface area contributed by atoms with E-state index < -0.39 is 0 Å². The van der Waals surface area contributed by atoms with Crippen LogP contribution in [0.25, 0.3) is 10.9 Å². The number of aromatic amines is 1. The summed E-state index contributed by atoms with van der Waals surface area (Å²) in [6.07, 6.45) is 7.45. The second kappa shape index (κ2) is 11.4. The van der Waals surface area contributed by atoms with Crippen LogP contribution in [-0.2, 0) is 19.3 Å². The Morgan fingerprint density at radius 3 is 2.55 bits per heavy atom. The molecule has 0 saturated carbocycles. The van der Waals surface area contributed by atoms with Gasteiger partial charge < -0.3 is 14.8 Å². The Balaban J connectivity index is 1.34. The quantitative estimate of drug-likeness (QED) is 0.373. The van der Waals surface area contributed by atoms with E-state index in [0.717, 1.165) is 25.7 Å². The van der Waals surface area contributed by atoms with Gasteiger partial charge in [-0.2, -0.15) is 0 Å². The highest BCUT2D eigenvalue weighted by molar-refractivity contribution is 7.80. The molecule has 176 valence electrons. The number of para-hydroxylation sites is 1. The Hall–Kier alpha value is -2.01. The summed E-state index contributed by atoms with van der Waals surface area (Å²) < 4.78 is 0. The van der Waals surface area contributed by atoms with Gasteiger partial charge >= 0.3 is 0 Å². The molecule has 0 unspecified atom stereocenters. The fraction of sp³-hybridized carbons (Fsp3) is 0.483. The maximum absolute atomic E-state index is 5.83. The van der Waals surface area contributed by atoms with Gasteiger partial charge in [0.05, 0.1) is 0 Å². The number of hydrogen-bond donors (Lipinski definition) is 1. The number of likely N-dealkylation sites (N-methyl/N-ethyl adjacent to an activating group) is 1. The standard InChI is InChI=1S/C29H39N3S/c1-22(2)26-18-23(10-11-25-21-30-29-9-5-4-8-28(25)29)17-24(19-26)20-27(33)7-6-12-32-15-13-31(3)14-16-32/h4-5,8-9,17-19,21-22,30H,6-7,10-16,20H2,1-3H3. The summed E-state index contributed by atoms with van der Waals surface area (Å²) >= 11 is 5.83. The lowest BCUT2D eigenvalue weighted by Gasteiger charge is -2.32. The first kappa shape index (κ1) is 24.1. The van der Waals surface area contributed by atoms with Crippen LogP contribution in [0.15, 0.2) is 48.7 Å². The van der Waals surface area contributed by atoms with Crippen molar-refractivity contribution in [2.75, 3.05) is 39.8 Å². The number of nitrogens with zero attached hydrogens (tertiary/aromatic N) is 2. The van der Waals surface area contributed by atoms with E-state index in [4.69, 9.17) is 12.2 Å². The first-order chi connectivity index (χ1) is 16.0. The highest BCUT2D eigenvalue weighted by Crippen LogP contribution is 2.23. The van der Waals surface area contributed by atoms with E-state index in [1.165, 1.54) is 77.2 Å². The Morgan fingerprint density at radius 1 is 1.00 bits per heavy atom. The molecule has 0 aliphatic carbocycles. The van der Waals surface area contributed by atoms with Crippen LogP contribution in [0.2, 0.25) is 0 Å². The summed E-state index contributed by atoms with van der Waals surface area (Å²) in [5.41, 5.74) is 6.88. The van der Waals surface area contributed by atoms with E-state index >= 15 is 0 Å².